The van der Waals surface area contributed by atoms with Crippen molar-refractivity contribution in [3.05, 3.63) is 54.1 Å². The summed E-state index contributed by atoms with van der Waals surface area (Å²) in [5.74, 6) is -0.350. The van der Waals surface area contributed by atoms with Crippen LogP contribution in [0.4, 0.5) is 0 Å². The zero-order chi connectivity index (χ0) is 14.6. The van der Waals surface area contributed by atoms with Gasteiger partial charge in [-0.05, 0) is 29.4 Å². The highest BCUT2D eigenvalue weighted by molar-refractivity contribution is 5.85. The Morgan fingerprint density at radius 2 is 2.05 bits per heavy atom. The third kappa shape index (κ3) is 4.45. The summed E-state index contributed by atoms with van der Waals surface area (Å²) in [6.07, 6.45) is 7.94. The number of halogens is 1. The van der Waals surface area contributed by atoms with E-state index in [1.807, 2.05) is 18.2 Å². The average molecular weight is 308 g/mol. The highest BCUT2D eigenvalue weighted by atomic mass is 35.5. The quantitative estimate of drug-likeness (QED) is 0.868. The van der Waals surface area contributed by atoms with E-state index in [2.05, 4.69) is 42.0 Å². The highest BCUT2D eigenvalue weighted by Crippen LogP contribution is 2.36. The van der Waals surface area contributed by atoms with E-state index in [4.69, 9.17) is 5.73 Å². The molecule has 21 heavy (non-hydrogen) atoms. The molecular formula is C17H22ClNO2. The van der Waals surface area contributed by atoms with Crippen LogP contribution in [0.25, 0.3) is 5.57 Å². The third-order valence-corrected chi connectivity index (χ3v) is 3.75. The molecule has 2 rings (SSSR count). The van der Waals surface area contributed by atoms with Crippen LogP contribution in [-0.2, 0) is 9.53 Å². The van der Waals surface area contributed by atoms with Crippen LogP contribution in [0.5, 0.6) is 0 Å². The predicted octanol–water partition coefficient (Wildman–Crippen LogP) is 3.35. The molecule has 1 aliphatic carbocycles. The van der Waals surface area contributed by atoms with Crippen molar-refractivity contribution in [2.24, 2.45) is 11.1 Å². The molecule has 3 nitrogen and oxygen atoms in total. The molecule has 0 aliphatic heterocycles. The number of benzene rings is 1. The highest BCUT2D eigenvalue weighted by Gasteiger charge is 2.28. The van der Waals surface area contributed by atoms with E-state index in [0.717, 1.165) is 6.42 Å². The lowest BCUT2D eigenvalue weighted by Gasteiger charge is -2.30. The normalized spacial score (nSPS) is 22.0. The second-order valence-electron chi connectivity index (χ2n) is 5.55. The van der Waals surface area contributed by atoms with Crippen molar-refractivity contribution in [2.45, 2.75) is 25.8 Å². The first kappa shape index (κ1) is 17.5. The Balaban J connectivity index is 0.00000220. The lowest BCUT2D eigenvalue weighted by molar-refractivity contribution is -0.142. The number of carbonyl (C=O) groups is 1. The maximum Gasteiger partial charge on any atom is 0.322 e. The third-order valence-electron chi connectivity index (χ3n) is 3.75. The second-order valence-corrected chi connectivity index (χ2v) is 5.55. The summed E-state index contributed by atoms with van der Waals surface area (Å²) in [5.41, 5.74) is 8.20. The van der Waals surface area contributed by atoms with Crippen LogP contribution in [-0.4, -0.2) is 19.1 Å². The van der Waals surface area contributed by atoms with E-state index >= 15 is 0 Å². The van der Waals surface area contributed by atoms with Gasteiger partial charge in [0.05, 0.1) is 7.11 Å². The number of rotatable bonds is 4. The number of hydrogen-bond donors (Lipinski definition) is 1. The van der Waals surface area contributed by atoms with Crippen LogP contribution in [0.1, 0.15) is 25.3 Å². The smallest absolute Gasteiger partial charge is 0.322 e. The minimum atomic E-state index is -0.568. The Hall–Kier alpha value is -1.58. The van der Waals surface area contributed by atoms with Crippen molar-refractivity contribution in [1.82, 2.24) is 0 Å². The molecular weight excluding hydrogens is 286 g/mol. The number of methoxy groups -OCH3 is 1. The molecule has 2 atom stereocenters. The van der Waals surface area contributed by atoms with Crippen LogP contribution in [0, 0.1) is 5.41 Å². The van der Waals surface area contributed by atoms with Crippen molar-refractivity contribution in [3.63, 3.8) is 0 Å². The van der Waals surface area contributed by atoms with Gasteiger partial charge in [-0.2, -0.15) is 0 Å². The summed E-state index contributed by atoms with van der Waals surface area (Å²) in [7, 11) is 1.37. The molecule has 0 heterocycles. The van der Waals surface area contributed by atoms with E-state index < -0.39 is 6.04 Å². The summed E-state index contributed by atoms with van der Waals surface area (Å²) < 4.78 is 4.69. The molecule has 2 unspecified atom stereocenters. The molecule has 0 fully saturated rings. The summed E-state index contributed by atoms with van der Waals surface area (Å²) >= 11 is 0. The monoisotopic (exact) mass is 307 g/mol. The summed E-state index contributed by atoms with van der Waals surface area (Å²) in [6.45, 7) is 2.12. The SMILES string of the molecule is COC(=O)C(N)CC1(C)C=CC(c2ccccc2)=CC1.Cl. The van der Waals surface area contributed by atoms with Crippen LogP contribution < -0.4 is 5.73 Å². The van der Waals surface area contributed by atoms with Crippen LogP contribution in [0.3, 0.4) is 0 Å². The van der Waals surface area contributed by atoms with Gasteiger partial charge in [-0.1, -0.05) is 55.5 Å². The summed E-state index contributed by atoms with van der Waals surface area (Å²) in [4.78, 5) is 11.4. The van der Waals surface area contributed by atoms with Gasteiger partial charge in [0, 0.05) is 0 Å². The zero-order valence-corrected chi connectivity index (χ0v) is 13.2. The maximum atomic E-state index is 11.4. The molecule has 0 radical (unpaired) electrons. The Kier molecular flexibility index (Phi) is 6.19. The van der Waals surface area contributed by atoms with Gasteiger partial charge in [0.1, 0.15) is 6.04 Å². The van der Waals surface area contributed by atoms with Gasteiger partial charge in [-0.15, -0.1) is 12.4 Å². The van der Waals surface area contributed by atoms with Gasteiger partial charge in [-0.25, -0.2) is 0 Å². The van der Waals surface area contributed by atoms with Gasteiger partial charge < -0.3 is 10.5 Å². The molecule has 0 saturated carbocycles. The number of allylic oxidation sites excluding steroid dienone is 4. The topological polar surface area (TPSA) is 52.3 Å². The number of nitrogens with two attached hydrogens (primary N) is 1. The summed E-state index contributed by atoms with van der Waals surface area (Å²) in [6, 6.07) is 9.70. The van der Waals surface area contributed by atoms with Gasteiger partial charge >= 0.3 is 5.97 Å². The summed E-state index contributed by atoms with van der Waals surface area (Å²) in [5, 5.41) is 0. The van der Waals surface area contributed by atoms with E-state index in [1.54, 1.807) is 0 Å². The molecule has 114 valence electrons. The van der Waals surface area contributed by atoms with Crippen LogP contribution in [0.2, 0.25) is 0 Å². The Morgan fingerprint density at radius 3 is 2.57 bits per heavy atom. The van der Waals surface area contributed by atoms with Gasteiger partial charge in [-0.3, -0.25) is 4.79 Å². The van der Waals surface area contributed by atoms with Gasteiger partial charge in [0.25, 0.3) is 0 Å². The van der Waals surface area contributed by atoms with Crippen molar-refractivity contribution < 1.29 is 9.53 Å². The first-order valence-electron chi connectivity index (χ1n) is 6.82. The predicted molar refractivity (Wildman–Crippen MR) is 88.1 cm³/mol. The number of esters is 1. The molecule has 1 aromatic rings. The lowest BCUT2D eigenvalue weighted by atomic mass is 9.76. The molecule has 1 aliphatic rings. The fourth-order valence-corrected chi connectivity index (χ4v) is 2.50. The van der Waals surface area contributed by atoms with E-state index in [-0.39, 0.29) is 23.8 Å². The molecule has 4 heteroatoms. The zero-order valence-electron chi connectivity index (χ0n) is 12.4. The molecule has 0 amide bonds. The number of carbonyl (C=O) groups excluding carboxylic acids is 1. The molecule has 0 spiro atoms. The molecule has 2 N–H and O–H groups in total. The Labute approximate surface area is 132 Å². The fraction of sp³-hybridized carbons (Fsp3) is 0.353. The molecule has 0 bridgehead atoms. The van der Waals surface area contributed by atoms with Crippen molar-refractivity contribution in [2.75, 3.05) is 7.11 Å². The van der Waals surface area contributed by atoms with E-state index in [9.17, 15) is 4.79 Å². The van der Waals surface area contributed by atoms with Gasteiger partial charge in [0.15, 0.2) is 0 Å². The molecule has 0 saturated heterocycles. The largest absolute Gasteiger partial charge is 0.468 e. The van der Waals surface area contributed by atoms with Crippen LogP contribution in [0.15, 0.2) is 48.6 Å². The minimum Gasteiger partial charge on any atom is -0.468 e. The van der Waals surface area contributed by atoms with Crippen molar-refractivity contribution >= 4 is 23.9 Å². The minimum absolute atomic E-state index is 0. The Morgan fingerprint density at radius 1 is 1.38 bits per heavy atom. The molecule has 0 aromatic heterocycles. The maximum absolute atomic E-state index is 11.4. The fourth-order valence-electron chi connectivity index (χ4n) is 2.50. The second kappa shape index (κ2) is 7.43. The standard InChI is InChI=1S/C17H21NO2.ClH/c1-17(12-15(18)16(19)20-2)10-8-14(9-11-17)13-6-4-3-5-7-13;/h3-10,15H,11-12,18H2,1-2H3;1H. The first-order chi connectivity index (χ1) is 9.54. The van der Waals surface area contributed by atoms with E-state index in [0.29, 0.717) is 6.42 Å². The van der Waals surface area contributed by atoms with Crippen molar-refractivity contribution in [3.8, 4) is 0 Å². The van der Waals surface area contributed by atoms with Crippen molar-refractivity contribution in [1.29, 1.82) is 0 Å². The average Bonchev–Trinajstić information content (AvgIpc) is 2.47. The van der Waals surface area contributed by atoms with E-state index in [1.165, 1.54) is 18.2 Å². The number of hydrogen-bond acceptors (Lipinski definition) is 3. The van der Waals surface area contributed by atoms with Crippen LogP contribution >= 0.6 is 12.4 Å². The number of ether oxygens (including phenoxy) is 1. The molecule has 1 aromatic carbocycles. The lowest BCUT2D eigenvalue weighted by Crippen LogP contribution is -2.36. The van der Waals surface area contributed by atoms with Gasteiger partial charge in [0.2, 0.25) is 0 Å². The Bertz CT molecular complexity index is 539. The first-order valence-corrected chi connectivity index (χ1v) is 6.82.